The van der Waals surface area contributed by atoms with Crippen LogP contribution in [0.4, 0.5) is 10.1 Å². The summed E-state index contributed by atoms with van der Waals surface area (Å²) in [5.41, 5.74) is 0.667. The zero-order valence-electron chi connectivity index (χ0n) is 10.8. The summed E-state index contributed by atoms with van der Waals surface area (Å²) in [5.74, 6) is -0.496. The Hall–Kier alpha value is -1.52. The van der Waals surface area contributed by atoms with Gasteiger partial charge in [0.2, 0.25) is 5.91 Å². The number of thioether (sulfide) groups is 1. The molecule has 0 fully saturated rings. The molecule has 0 aliphatic heterocycles. The molecule has 0 bridgehead atoms. The number of hydrogen-bond donors (Lipinski definition) is 1. The van der Waals surface area contributed by atoms with Crippen molar-refractivity contribution in [2.75, 3.05) is 5.32 Å². The third kappa shape index (κ3) is 3.99. The topological polar surface area (TPSA) is 29.1 Å². The minimum atomic E-state index is -0.400. The second kappa shape index (κ2) is 6.77. The molecule has 2 aromatic carbocycles. The van der Waals surface area contributed by atoms with Gasteiger partial charge in [-0.15, -0.1) is 11.8 Å². The number of nitrogens with one attached hydrogen (secondary N) is 1. The van der Waals surface area contributed by atoms with E-state index in [0.29, 0.717) is 15.6 Å². The normalized spacial score (nSPS) is 11.9. The molecular formula is C15H13ClFNOS. The third-order valence-corrected chi connectivity index (χ3v) is 4.03. The lowest BCUT2D eigenvalue weighted by Gasteiger charge is -2.12. The maximum absolute atomic E-state index is 13.5. The van der Waals surface area contributed by atoms with Crippen molar-refractivity contribution in [2.24, 2.45) is 0 Å². The van der Waals surface area contributed by atoms with E-state index in [1.165, 1.54) is 17.8 Å². The van der Waals surface area contributed by atoms with E-state index in [1.807, 2.05) is 0 Å². The number of rotatable bonds is 4. The Morgan fingerprint density at radius 2 is 1.85 bits per heavy atom. The van der Waals surface area contributed by atoms with Gasteiger partial charge >= 0.3 is 0 Å². The number of anilines is 1. The van der Waals surface area contributed by atoms with E-state index in [-0.39, 0.29) is 11.7 Å². The van der Waals surface area contributed by atoms with Gasteiger partial charge in [-0.25, -0.2) is 4.39 Å². The van der Waals surface area contributed by atoms with Crippen LogP contribution in [0.25, 0.3) is 0 Å². The van der Waals surface area contributed by atoms with Gasteiger partial charge in [0, 0.05) is 15.6 Å². The molecule has 0 aromatic heterocycles. The molecule has 0 spiro atoms. The monoisotopic (exact) mass is 309 g/mol. The van der Waals surface area contributed by atoms with Gasteiger partial charge < -0.3 is 5.32 Å². The molecule has 1 amide bonds. The summed E-state index contributed by atoms with van der Waals surface area (Å²) in [4.78, 5) is 12.5. The molecule has 0 saturated heterocycles. The second-order valence-electron chi connectivity index (χ2n) is 4.19. The van der Waals surface area contributed by atoms with Gasteiger partial charge in [-0.1, -0.05) is 23.7 Å². The number of carbonyl (C=O) groups excluding carboxylic acids is 1. The average Bonchev–Trinajstić information content (AvgIpc) is 2.44. The van der Waals surface area contributed by atoms with Gasteiger partial charge in [0.15, 0.2) is 0 Å². The fourth-order valence-corrected chi connectivity index (χ4v) is 2.57. The lowest BCUT2D eigenvalue weighted by atomic mass is 10.3. The highest BCUT2D eigenvalue weighted by molar-refractivity contribution is 8.00. The largest absolute Gasteiger partial charge is 0.325 e. The van der Waals surface area contributed by atoms with Gasteiger partial charge in [-0.05, 0) is 43.3 Å². The third-order valence-electron chi connectivity index (χ3n) is 2.62. The first-order chi connectivity index (χ1) is 9.56. The predicted octanol–water partition coefficient (Wildman–Crippen LogP) is 4.60. The van der Waals surface area contributed by atoms with Crippen LogP contribution in [-0.4, -0.2) is 11.2 Å². The zero-order valence-corrected chi connectivity index (χ0v) is 12.3. The van der Waals surface area contributed by atoms with Crippen molar-refractivity contribution < 1.29 is 9.18 Å². The summed E-state index contributed by atoms with van der Waals surface area (Å²) >= 11 is 6.96. The molecule has 2 aromatic rings. The molecule has 104 valence electrons. The molecule has 2 rings (SSSR count). The van der Waals surface area contributed by atoms with Crippen LogP contribution in [0.1, 0.15) is 6.92 Å². The summed E-state index contributed by atoms with van der Waals surface area (Å²) in [6, 6.07) is 13.3. The van der Waals surface area contributed by atoms with Gasteiger partial charge in [0.05, 0.1) is 5.25 Å². The van der Waals surface area contributed by atoms with Gasteiger partial charge in [0.25, 0.3) is 0 Å². The van der Waals surface area contributed by atoms with E-state index in [4.69, 9.17) is 11.6 Å². The van der Waals surface area contributed by atoms with Crippen molar-refractivity contribution >= 4 is 35.0 Å². The first kappa shape index (κ1) is 14.9. The van der Waals surface area contributed by atoms with Crippen LogP contribution >= 0.6 is 23.4 Å². The minimum absolute atomic E-state index is 0.180. The van der Waals surface area contributed by atoms with Crippen molar-refractivity contribution in [1.29, 1.82) is 0 Å². The molecule has 1 N–H and O–H groups in total. The van der Waals surface area contributed by atoms with E-state index in [2.05, 4.69) is 5.32 Å². The van der Waals surface area contributed by atoms with Crippen LogP contribution in [0.2, 0.25) is 5.02 Å². The SMILES string of the molecule is C[C@H](Sc1ccccc1F)C(=O)Nc1ccc(Cl)cc1. The fourth-order valence-electron chi connectivity index (χ4n) is 1.56. The van der Waals surface area contributed by atoms with E-state index < -0.39 is 5.25 Å². The van der Waals surface area contributed by atoms with Crippen molar-refractivity contribution in [3.8, 4) is 0 Å². The average molecular weight is 310 g/mol. The summed E-state index contributed by atoms with van der Waals surface area (Å²) in [5, 5.41) is 2.98. The molecule has 0 aliphatic rings. The van der Waals surface area contributed by atoms with Crippen molar-refractivity contribution in [2.45, 2.75) is 17.1 Å². The second-order valence-corrected chi connectivity index (χ2v) is 6.01. The van der Waals surface area contributed by atoms with Crippen LogP contribution in [0.15, 0.2) is 53.4 Å². The quantitative estimate of drug-likeness (QED) is 0.836. The molecule has 0 aliphatic carbocycles. The molecule has 0 heterocycles. The van der Waals surface area contributed by atoms with Crippen molar-refractivity contribution in [3.05, 3.63) is 59.4 Å². The molecule has 2 nitrogen and oxygen atoms in total. The van der Waals surface area contributed by atoms with Crippen LogP contribution < -0.4 is 5.32 Å². The van der Waals surface area contributed by atoms with Crippen LogP contribution in [0, 0.1) is 5.82 Å². The summed E-state index contributed by atoms with van der Waals surface area (Å²) in [6.45, 7) is 1.74. The van der Waals surface area contributed by atoms with Crippen LogP contribution in [0.5, 0.6) is 0 Å². The summed E-state index contributed by atoms with van der Waals surface area (Å²) < 4.78 is 13.5. The number of hydrogen-bond acceptors (Lipinski definition) is 2. The highest BCUT2D eigenvalue weighted by Crippen LogP contribution is 2.26. The van der Waals surface area contributed by atoms with Gasteiger partial charge in [-0.3, -0.25) is 4.79 Å². The molecule has 1 atom stereocenters. The molecular weight excluding hydrogens is 297 g/mol. The Morgan fingerprint density at radius 3 is 2.50 bits per heavy atom. The molecule has 5 heteroatoms. The maximum Gasteiger partial charge on any atom is 0.237 e. The van der Waals surface area contributed by atoms with Crippen LogP contribution in [0.3, 0.4) is 0 Å². The Bertz CT molecular complexity index is 603. The lowest BCUT2D eigenvalue weighted by Crippen LogP contribution is -2.22. The van der Waals surface area contributed by atoms with Crippen molar-refractivity contribution in [3.63, 3.8) is 0 Å². The van der Waals surface area contributed by atoms with E-state index in [9.17, 15) is 9.18 Å². The number of halogens is 2. The van der Waals surface area contributed by atoms with Crippen LogP contribution in [-0.2, 0) is 4.79 Å². The smallest absolute Gasteiger partial charge is 0.237 e. The molecule has 0 saturated carbocycles. The first-order valence-corrected chi connectivity index (χ1v) is 7.29. The standard InChI is InChI=1S/C15H13ClFNOS/c1-10(20-14-5-3-2-4-13(14)17)15(19)18-12-8-6-11(16)7-9-12/h2-10H,1H3,(H,18,19)/t10-/m0/s1. The Kier molecular flexibility index (Phi) is 5.04. The molecule has 20 heavy (non-hydrogen) atoms. The van der Waals surface area contributed by atoms with E-state index in [0.717, 1.165) is 0 Å². The summed E-state index contributed by atoms with van der Waals surface area (Å²) in [6.07, 6.45) is 0. The molecule has 0 radical (unpaired) electrons. The van der Waals surface area contributed by atoms with E-state index in [1.54, 1.807) is 49.4 Å². The van der Waals surface area contributed by atoms with E-state index >= 15 is 0 Å². The fraction of sp³-hybridized carbons (Fsp3) is 0.133. The summed E-state index contributed by atoms with van der Waals surface area (Å²) in [7, 11) is 0. The lowest BCUT2D eigenvalue weighted by molar-refractivity contribution is -0.115. The number of carbonyl (C=O) groups is 1. The highest BCUT2D eigenvalue weighted by Gasteiger charge is 2.16. The van der Waals surface area contributed by atoms with Gasteiger partial charge in [0.1, 0.15) is 5.82 Å². The first-order valence-electron chi connectivity index (χ1n) is 6.04. The Morgan fingerprint density at radius 1 is 1.20 bits per heavy atom. The Labute approximate surface area is 126 Å². The van der Waals surface area contributed by atoms with Crippen molar-refractivity contribution in [1.82, 2.24) is 0 Å². The highest BCUT2D eigenvalue weighted by atomic mass is 35.5. The maximum atomic E-state index is 13.5. The minimum Gasteiger partial charge on any atom is -0.325 e. The number of amides is 1. The Balaban J connectivity index is 1.99. The molecule has 0 unspecified atom stereocenters. The van der Waals surface area contributed by atoms with Gasteiger partial charge in [-0.2, -0.15) is 0 Å². The zero-order chi connectivity index (χ0) is 14.5. The number of benzene rings is 2. The predicted molar refractivity (Wildman–Crippen MR) is 81.8 cm³/mol.